The molecule has 0 amide bonds. The third kappa shape index (κ3) is 3.21. The fourth-order valence-electron chi connectivity index (χ4n) is 1.85. The van der Waals surface area contributed by atoms with Gasteiger partial charge in [-0.2, -0.15) is 0 Å². The molecular formula is C9H19NO. The van der Waals surface area contributed by atoms with Crippen LogP contribution in [0.15, 0.2) is 0 Å². The molecule has 2 N–H and O–H groups in total. The Morgan fingerprint density at radius 2 is 1.91 bits per heavy atom. The van der Waals surface area contributed by atoms with Crippen molar-refractivity contribution in [2.24, 2.45) is 17.7 Å². The van der Waals surface area contributed by atoms with Gasteiger partial charge in [-0.15, -0.1) is 0 Å². The molecule has 0 aromatic carbocycles. The van der Waals surface area contributed by atoms with Crippen LogP contribution in [0.1, 0.15) is 39.0 Å². The van der Waals surface area contributed by atoms with E-state index in [0.29, 0.717) is 0 Å². The van der Waals surface area contributed by atoms with Crippen LogP contribution < -0.4 is 5.90 Å². The zero-order chi connectivity index (χ0) is 8.10. The summed E-state index contributed by atoms with van der Waals surface area (Å²) in [5.41, 5.74) is 0. The molecule has 0 aliphatic heterocycles. The van der Waals surface area contributed by atoms with Crippen LogP contribution in [0.2, 0.25) is 0 Å². The lowest BCUT2D eigenvalue weighted by Gasteiger charge is -2.25. The van der Waals surface area contributed by atoms with Crippen LogP contribution in [-0.4, -0.2) is 6.61 Å². The molecule has 2 nitrogen and oxygen atoms in total. The summed E-state index contributed by atoms with van der Waals surface area (Å²) >= 11 is 0. The van der Waals surface area contributed by atoms with Crippen molar-refractivity contribution in [1.29, 1.82) is 0 Å². The minimum atomic E-state index is 0.735. The minimum absolute atomic E-state index is 0.735. The Labute approximate surface area is 69.1 Å². The quantitative estimate of drug-likeness (QED) is 0.637. The number of hydrogen-bond acceptors (Lipinski definition) is 2. The third-order valence-electron chi connectivity index (χ3n) is 2.78. The first-order valence-corrected chi connectivity index (χ1v) is 4.64. The highest BCUT2D eigenvalue weighted by Crippen LogP contribution is 2.29. The molecule has 1 aliphatic carbocycles. The van der Waals surface area contributed by atoms with Gasteiger partial charge in [-0.1, -0.05) is 32.6 Å². The van der Waals surface area contributed by atoms with Crippen molar-refractivity contribution in [3.63, 3.8) is 0 Å². The van der Waals surface area contributed by atoms with Crippen molar-refractivity contribution in [3.05, 3.63) is 0 Å². The fourth-order valence-corrected chi connectivity index (χ4v) is 1.85. The van der Waals surface area contributed by atoms with Crippen LogP contribution >= 0.6 is 0 Å². The molecular weight excluding hydrogens is 138 g/mol. The lowest BCUT2D eigenvalue weighted by atomic mass is 9.82. The van der Waals surface area contributed by atoms with E-state index in [0.717, 1.165) is 24.9 Å². The number of rotatable bonds is 3. The van der Waals surface area contributed by atoms with E-state index < -0.39 is 0 Å². The van der Waals surface area contributed by atoms with Gasteiger partial charge in [-0.3, -0.25) is 0 Å². The molecule has 66 valence electrons. The van der Waals surface area contributed by atoms with Gasteiger partial charge in [0.1, 0.15) is 0 Å². The maximum Gasteiger partial charge on any atom is 0.0681 e. The second-order valence-corrected chi connectivity index (χ2v) is 3.79. The van der Waals surface area contributed by atoms with Gasteiger partial charge in [0.15, 0.2) is 0 Å². The first kappa shape index (κ1) is 9.01. The predicted molar refractivity (Wildman–Crippen MR) is 45.9 cm³/mol. The Kier molecular flexibility index (Phi) is 3.87. The summed E-state index contributed by atoms with van der Waals surface area (Å²) in [5, 5.41) is 0. The van der Waals surface area contributed by atoms with Gasteiger partial charge in [0.25, 0.3) is 0 Å². The highest BCUT2D eigenvalue weighted by Gasteiger charge is 2.17. The van der Waals surface area contributed by atoms with Crippen LogP contribution in [0.5, 0.6) is 0 Å². The average Bonchev–Trinajstić information content (AvgIpc) is 2.04. The SMILES string of the molecule is CC1CCC(CCON)CC1. The molecule has 1 saturated carbocycles. The average molecular weight is 157 g/mol. The van der Waals surface area contributed by atoms with Crippen LogP contribution in [0.4, 0.5) is 0 Å². The lowest BCUT2D eigenvalue weighted by Crippen LogP contribution is -2.15. The first-order chi connectivity index (χ1) is 5.33. The second-order valence-electron chi connectivity index (χ2n) is 3.79. The van der Waals surface area contributed by atoms with E-state index in [2.05, 4.69) is 11.8 Å². The molecule has 0 aromatic rings. The molecule has 0 saturated heterocycles. The zero-order valence-corrected chi connectivity index (χ0v) is 7.38. The van der Waals surface area contributed by atoms with Crippen molar-refractivity contribution in [1.82, 2.24) is 0 Å². The van der Waals surface area contributed by atoms with Crippen LogP contribution in [0, 0.1) is 11.8 Å². The molecule has 0 unspecified atom stereocenters. The number of hydrogen-bond donors (Lipinski definition) is 1. The molecule has 2 heteroatoms. The summed E-state index contributed by atoms with van der Waals surface area (Å²) in [4.78, 5) is 4.57. The third-order valence-corrected chi connectivity index (χ3v) is 2.78. The highest BCUT2D eigenvalue weighted by molar-refractivity contribution is 4.69. The van der Waals surface area contributed by atoms with Gasteiger partial charge in [0.2, 0.25) is 0 Å². The van der Waals surface area contributed by atoms with Gasteiger partial charge >= 0.3 is 0 Å². The Hall–Kier alpha value is -0.0800. The normalized spacial score (nSPS) is 32.2. The summed E-state index contributed by atoms with van der Waals surface area (Å²) < 4.78 is 0. The Morgan fingerprint density at radius 3 is 2.45 bits per heavy atom. The Balaban J connectivity index is 2.07. The fraction of sp³-hybridized carbons (Fsp3) is 1.00. The van der Waals surface area contributed by atoms with Gasteiger partial charge in [0, 0.05) is 0 Å². The summed E-state index contributed by atoms with van der Waals surface area (Å²) in [5.74, 6) is 6.81. The van der Waals surface area contributed by atoms with Crippen molar-refractivity contribution in [2.75, 3.05) is 6.61 Å². The topological polar surface area (TPSA) is 35.2 Å². The molecule has 0 aromatic heterocycles. The Bertz CT molecular complexity index is 95.0. The highest BCUT2D eigenvalue weighted by atomic mass is 16.6. The van der Waals surface area contributed by atoms with Crippen LogP contribution in [-0.2, 0) is 4.84 Å². The van der Waals surface area contributed by atoms with E-state index in [1.54, 1.807) is 0 Å². The molecule has 0 heterocycles. The van der Waals surface area contributed by atoms with Crippen molar-refractivity contribution in [3.8, 4) is 0 Å². The van der Waals surface area contributed by atoms with E-state index in [1.807, 2.05) is 0 Å². The van der Waals surface area contributed by atoms with Crippen LogP contribution in [0.25, 0.3) is 0 Å². The zero-order valence-electron chi connectivity index (χ0n) is 7.38. The maximum atomic E-state index is 4.97. The van der Waals surface area contributed by atoms with Gasteiger partial charge in [0.05, 0.1) is 6.61 Å². The largest absolute Gasteiger partial charge is 0.305 e. The smallest absolute Gasteiger partial charge is 0.0681 e. The molecule has 0 spiro atoms. The van der Waals surface area contributed by atoms with Gasteiger partial charge in [-0.05, 0) is 18.3 Å². The molecule has 1 fully saturated rings. The molecule has 0 bridgehead atoms. The van der Waals surface area contributed by atoms with E-state index in [-0.39, 0.29) is 0 Å². The summed E-state index contributed by atoms with van der Waals surface area (Å²) in [6.07, 6.45) is 6.71. The predicted octanol–water partition coefficient (Wildman–Crippen LogP) is 2.09. The summed E-state index contributed by atoms with van der Waals surface area (Å²) in [7, 11) is 0. The van der Waals surface area contributed by atoms with E-state index >= 15 is 0 Å². The second kappa shape index (κ2) is 4.73. The first-order valence-electron chi connectivity index (χ1n) is 4.64. The van der Waals surface area contributed by atoms with Crippen molar-refractivity contribution >= 4 is 0 Å². The molecule has 0 atom stereocenters. The summed E-state index contributed by atoms with van der Waals surface area (Å²) in [6.45, 7) is 3.08. The van der Waals surface area contributed by atoms with E-state index in [1.165, 1.54) is 25.7 Å². The monoisotopic (exact) mass is 157 g/mol. The molecule has 1 rings (SSSR count). The van der Waals surface area contributed by atoms with E-state index in [9.17, 15) is 0 Å². The maximum absolute atomic E-state index is 4.97. The van der Waals surface area contributed by atoms with Crippen molar-refractivity contribution in [2.45, 2.75) is 39.0 Å². The van der Waals surface area contributed by atoms with Gasteiger partial charge < -0.3 is 4.84 Å². The minimum Gasteiger partial charge on any atom is -0.305 e. The van der Waals surface area contributed by atoms with Crippen molar-refractivity contribution < 1.29 is 4.84 Å². The Morgan fingerprint density at radius 1 is 1.27 bits per heavy atom. The molecule has 1 aliphatic rings. The molecule has 11 heavy (non-hydrogen) atoms. The molecule has 0 radical (unpaired) electrons. The van der Waals surface area contributed by atoms with E-state index in [4.69, 9.17) is 5.90 Å². The standard InChI is InChI=1S/C9H19NO/c1-8-2-4-9(5-3-8)6-7-11-10/h8-9H,2-7,10H2,1H3. The lowest BCUT2D eigenvalue weighted by molar-refractivity contribution is 0.113. The van der Waals surface area contributed by atoms with Gasteiger partial charge in [-0.25, -0.2) is 5.90 Å². The van der Waals surface area contributed by atoms with Crippen LogP contribution in [0.3, 0.4) is 0 Å². The number of nitrogens with two attached hydrogens (primary N) is 1. The summed E-state index contributed by atoms with van der Waals surface area (Å²) in [6, 6.07) is 0.